The highest BCUT2D eigenvalue weighted by atomic mass is 19.1. The van der Waals surface area contributed by atoms with Crippen molar-refractivity contribution in [2.24, 2.45) is 0 Å². The smallest absolute Gasteiger partial charge is 0.291 e. The number of amides is 2. The van der Waals surface area contributed by atoms with Crippen LogP contribution in [0.3, 0.4) is 0 Å². The maximum absolute atomic E-state index is 13.3. The Morgan fingerprint density at radius 2 is 1.74 bits per heavy atom. The largest absolute Gasteiger partial charge is 0.454 e. The number of carbonyl (C=O) groups excluding carboxylic acids is 2. The molecule has 0 spiro atoms. The van der Waals surface area contributed by atoms with Crippen LogP contribution in [0.25, 0.3) is 0 Å². The van der Waals surface area contributed by atoms with Crippen LogP contribution < -0.4 is 5.32 Å². The van der Waals surface area contributed by atoms with Crippen LogP contribution >= 0.6 is 0 Å². The zero-order valence-corrected chi connectivity index (χ0v) is 19.8. The maximum atomic E-state index is 13.3. The zero-order valence-electron chi connectivity index (χ0n) is 19.8. The highest BCUT2D eigenvalue weighted by Crippen LogP contribution is 2.17. The van der Waals surface area contributed by atoms with E-state index in [4.69, 9.17) is 4.42 Å². The molecule has 0 saturated heterocycles. The summed E-state index contributed by atoms with van der Waals surface area (Å²) >= 11 is 0. The Morgan fingerprint density at radius 3 is 2.46 bits per heavy atom. The standard InChI is InChI=1S/C28H28FN3O3/c1-3-16-32(28(34)21-8-10-22(29)11-9-21)18-24-5-4-17-31(24)19-25-14-15-26(35-25)27(33)30-23-12-6-20(2)7-13-23/h4-15,17H,3,16,18-19H2,1-2H3,(H,30,33). The summed E-state index contributed by atoms with van der Waals surface area (Å²) in [6.07, 6.45) is 2.71. The Labute approximate surface area is 204 Å². The van der Waals surface area contributed by atoms with Gasteiger partial charge in [-0.3, -0.25) is 9.59 Å². The van der Waals surface area contributed by atoms with E-state index in [2.05, 4.69) is 5.32 Å². The van der Waals surface area contributed by atoms with Crippen molar-refractivity contribution in [3.63, 3.8) is 0 Å². The lowest BCUT2D eigenvalue weighted by Crippen LogP contribution is -2.32. The van der Waals surface area contributed by atoms with Gasteiger partial charge in [0.15, 0.2) is 5.76 Å². The average molecular weight is 474 g/mol. The number of hydrogen-bond acceptors (Lipinski definition) is 3. The Kier molecular flexibility index (Phi) is 7.45. The number of hydrogen-bond donors (Lipinski definition) is 1. The third kappa shape index (κ3) is 6.06. The van der Waals surface area contributed by atoms with Crippen molar-refractivity contribution in [3.8, 4) is 0 Å². The predicted molar refractivity (Wildman–Crippen MR) is 133 cm³/mol. The maximum Gasteiger partial charge on any atom is 0.291 e. The molecular weight excluding hydrogens is 445 g/mol. The van der Waals surface area contributed by atoms with E-state index in [1.807, 2.05) is 61.0 Å². The van der Waals surface area contributed by atoms with Crippen LogP contribution in [0.4, 0.5) is 10.1 Å². The molecule has 0 atom stereocenters. The van der Waals surface area contributed by atoms with Crippen molar-refractivity contribution >= 4 is 17.5 Å². The van der Waals surface area contributed by atoms with Gasteiger partial charge < -0.3 is 19.2 Å². The van der Waals surface area contributed by atoms with Crippen molar-refractivity contribution in [2.45, 2.75) is 33.4 Å². The molecule has 2 heterocycles. The number of aromatic nitrogens is 1. The van der Waals surface area contributed by atoms with Crippen molar-refractivity contribution in [1.29, 1.82) is 0 Å². The second-order valence-electron chi connectivity index (χ2n) is 8.45. The van der Waals surface area contributed by atoms with Gasteiger partial charge in [-0.1, -0.05) is 24.6 Å². The molecule has 2 aromatic carbocycles. The molecule has 2 aromatic heterocycles. The summed E-state index contributed by atoms with van der Waals surface area (Å²) in [6.45, 7) is 5.39. The van der Waals surface area contributed by atoms with Crippen molar-refractivity contribution in [3.05, 3.63) is 113 Å². The molecule has 35 heavy (non-hydrogen) atoms. The number of halogens is 1. The summed E-state index contributed by atoms with van der Waals surface area (Å²) in [5.74, 6) is 0.0270. The summed E-state index contributed by atoms with van der Waals surface area (Å²) in [4.78, 5) is 27.3. The second kappa shape index (κ2) is 10.9. The van der Waals surface area contributed by atoms with Gasteiger partial charge in [-0.2, -0.15) is 0 Å². The molecule has 0 aliphatic heterocycles. The highest BCUT2D eigenvalue weighted by molar-refractivity contribution is 6.02. The van der Waals surface area contributed by atoms with Crippen LogP contribution in [-0.4, -0.2) is 27.8 Å². The van der Waals surface area contributed by atoms with Gasteiger partial charge in [-0.25, -0.2) is 4.39 Å². The number of aryl methyl sites for hydroxylation is 1. The van der Waals surface area contributed by atoms with Gasteiger partial charge >= 0.3 is 0 Å². The summed E-state index contributed by atoms with van der Waals surface area (Å²) in [7, 11) is 0. The summed E-state index contributed by atoms with van der Waals surface area (Å²) in [5.41, 5.74) is 3.19. The van der Waals surface area contributed by atoms with E-state index in [-0.39, 0.29) is 23.4 Å². The first kappa shape index (κ1) is 24.0. The first-order valence-electron chi connectivity index (χ1n) is 11.6. The Morgan fingerprint density at radius 1 is 1.00 bits per heavy atom. The van der Waals surface area contributed by atoms with E-state index < -0.39 is 0 Å². The minimum atomic E-state index is -0.372. The van der Waals surface area contributed by atoms with E-state index in [1.165, 1.54) is 24.3 Å². The van der Waals surface area contributed by atoms with Crippen molar-refractivity contribution in [2.75, 3.05) is 11.9 Å². The zero-order chi connectivity index (χ0) is 24.8. The molecule has 6 nitrogen and oxygen atoms in total. The third-order valence-corrected chi connectivity index (χ3v) is 5.67. The molecule has 0 aliphatic carbocycles. The molecule has 4 aromatic rings. The van der Waals surface area contributed by atoms with E-state index in [0.29, 0.717) is 36.6 Å². The summed E-state index contributed by atoms with van der Waals surface area (Å²) in [6, 6.07) is 20.5. The number of anilines is 1. The molecule has 1 N–H and O–H groups in total. The first-order chi connectivity index (χ1) is 16.9. The van der Waals surface area contributed by atoms with Crippen LogP contribution in [0, 0.1) is 12.7 Å². The van der Waals surface area contributed by atoms with Crippen LogP contribution in [0.2, 0.25) is 0 Å². The Balaban J connectivity index is 1.43. The fourth-order valence-electron chi connectivity index (χ4n) is 3.82. The molecule has 0 unspecified atom stereocenters. The second-order valence-corrected chi connectivity index (χ2v) is 8.45. The summed E-state index contributed by atoms with van der Waals surface area (Å²) < 4.78 is 21.1. The van der Waals surface area contributed by atoms with Crippen LogP contribution in [0.15, 0.2) is 83.4 Å². The van der Waals surface area contributed by atoms with Crippen molar-refractivity contribution in [1.82, 2.24) is 9.47 Å². The molecule has 0 bridgehead atoms. The van der Waals surface area contributed by atoms with Gasteiger partial charge in [0, 0.05) is 29.7 Å². The van der Waals surface area contributed by atoms with E-state index >= 15 is 0 Å². The van der Waals surface area contributed by atoms with Crippen LogP contribution in [-0.2, 0) is 13.1 Å². The molecular formula is C28H28FN3O3. The molecule has 0 aliphatic rings. The minimum Gasteiger partial charge on any atom is -0.454 e. The number of furan rings is 1. The fraction of sp³-hybridized carbons (Fsp3) is 0.214. The van der Waals surface area contributed by atoms with E-state index in [0.717, 1.165) is 17.7 Å². The van der Waals surface area contributed by atoms with Gasteiger partial charge in [0.05, 0.1) is 13.1 Å². The van der Waals surface area contributed by atoms with Gasteiger partial charge in [-0.05, 0) is 74.0 Å². The van der Waals surface area contributed by atoms with Gasteiger partial charge in [0.2, 0.25) is 0 Å². The summed E-state index contributed by atoms with van der Waals surface area (Å²) in [5, 5.41) is 2.83. The minimum absolute atomic E-state index is 0.146. The first-order valence-corrected chi connectivity index (χ1v) is 11.6. The molecule has 0 fully saturated rings. The number of carbonyl (C=O) groups is 2. The quantitative estimate of drug-likeness (QED) is 0.330. The molecule has 7 heteroatoms. The fourth-order valence-corrected chi connectivity index (χ4v) is 3.82. The van der Waals surface area contributed by atoms with Crippen LogP contribution in [0.1, 0.15) is 51.3 Å². The average Bonchev–Trinajstić information content (AvgIpc) is 3.50. The molecule has 4 rings (SSSR count). The number of nitrogens with one attached hydrogen (secondary N) is 1. The number of rotatable bonds is 9. The lowest BCUT2D eigenvalue weighted by Gasteiger charge is -2.23. The molecule has 0 saturated carbocycles. The van der Waals surface area contributed by atoms with Crippen LogP contribution in [0.5, 0.6) is 0 Å². The lowest BCUT2D eigenvalue weighted by atomic mass is 10.2. The Hall–Kier alpha value is -4.13. The van der Waals surface area contributed by atoms with Gasteiger partial charge in [0.1, 0.15) is 11.6 Å². The predicted octanol–water partition coefficient (Wildman–Crippen LogP) is 5.88. The SMILES string of the molecule is CCCN(Cc1cccn1Cc1ccc(C(=O)Nc2ccc(C)cc2)o1)C(=O)c1ccc(F)cc1. The van der Waals surface area contributed by atoms with Gasteiger partial charge in [0.25, 0.3) is 11.8 Å². The van der Waals surface area contributed by atoms with Gasteiger partial charge in [-0.15, -0.1) is 0 Å². The number of benzene rings is 2. The van der Waals surface area contributed by atoms with Crippen molar-refractivity contribution < 1.29 is 18.4 Å². The molecule has 0 radical (unpaired) electrons. The Bertz CT molecular complexity index is 1290. The molecule has 180 valence electrons. The van der Waals surface area contributed by atoms with E-state index in [1.54, 1.807) is 17.0 Å². The topological polar surface area (TPSA) is 67.5 Å². The molecule has 2 amide bonds. The normalized spacial score (nSPS) is 10.8. The lowest BCUT2D eigenvalue weighted by molar-refractivity contribution is 0.0739. The van der Waals surface area contributed by atoms with E-state index in [9.17, 15) is 14.0 Å². The third-order valence-electron chi connectivity index (χ3n) is 5.67. The number of nitrogens with zero attached hydrogens (tertiary/aromatic N) is 2. The monoisotopic (exact) mass is 473 g/mol. The highest BCUT2D eigenvalue weighted by Gasteiger charge is 2.18.